The van der Waals surface area contributed by atoms with Gasteiger partial charge in [-0.05, 0) is 64.5 Å². The van der Waals surface area contributed by atoms with Gasteiger partial charge >= 0.3 is 0 Å². The van der Waals surface area contributed by atoms with Gasteiger partial charge in [-0.2, -0.15) is 0 Å². The van der Waals surface area contributed by atoms with E-state index in [0.717, 1.165) is 68.2 Å². The smallest absolute Gasteiger partial charge is 0.249 e. The topological polar surface area (TPSA) is 76.5 Å². The van der Waals surface area contributed by atoms with E-state index < -0.39 is 0 Å². The van der Waals surface area contributed by atoms with Crippen LogP contribution in [0.3, 0.4) is 0 Å². The zero-order valence-electron chi connectivity index (χ0n) is 21.4. The van der Waals surface area contributed by atoms with Crippen molar-refractivity contribution in [3.63, 3.8) is 0 Å². The third-order valence-corrected chi connectivity index (χ3v) is 7.04. The number of fused-ring (bicyclic) bond motifs is 1. The first-order valence-corrected chi connectivity index (χ1v) is 13.1. The molecule has 1 aliphatic heterocycles. The number of aryl methyl sites for hydroxylation is 1. The Kier molecular flexibility index (Phi) is 9.93. The van der Waals surface area contributed by atoms with Crippen LogP contribution in [0.1, 0.15) is 78.5 Å². The van der Waals surface area contributed by atoms with Gasteiger partial charge in [0.2, 0.25) is 11.8 Å². The molecule has 1 saturated heterocycles. The number of rotatable bonds is 13. The molecular formula is C27H42N4O3. The quantitative estimate of drug-likeness (QED) is 0.438. The Morgan fingerprint density at radius 3 is 2.56 bits per heavy atom. The summed E-state index contributed by atoms with van der Waals surface area (Å²) in [6.07, 6.45) is 7.11. The molecule has 1 aromatic carbocycles. The molecule has 0 spiro atoms. The summed E-state index contributed by atoms with van der Waals surface area (Å²) in [5.74, 6) is 1.14. The summed E-state index contributed by atoms with van der Waals surface area (Å²) in [4.78, 5) is 32.4. The van der Waals surface area contributed by atoms with Crippen LogP contribution in [0.2, 0.25) is 0 Å². The SMILES string of the molecule is CCC(C)N(C(=O)Cn1c(CCCCCNC(=O)C2CCCO2)nc2ccccc21)C(C)CC. The molecule has 2 amide bonds. The lowest BCUT2D eigenvalue weighted by Gasteiger charge is -2.34. The minimum atomic E-state index is -0.261. The number of hydrogen-bond donors (Lipinski definition) is 1. The molecule has 0 aliphatic carbocycles. The fraction of sp³-hybridized carbons (Fsp3) is 0.667. The van der Waals surface area contributed by atoms with Crippen molar-refractivity contribution < 1.29 is 14.3 Å². The van der Waals surface area contributed by atoms with Gasteiger partial charge in [0.25, 0.3) is 0 Å². The van der Waals surface area contributed by atoms with Crippen LogP contribution in [-0.4, -0.2) is 57.6 Å². The zero-order chi connectivity index (χ0) is 24.5. The van der Waals surface area contributed by atoms with Crippen molar-refractivity contribution in [1.82, 2.24) is 19.8 Å². The normalized spacial score (nSPS) is 17.6. The van der Waals surface area contributed by atoms with E-state index in [1.54, 1.807) is 0 Å². The monoisotopic (exact) mass is 470 g/mol. The van der Waals surface area contributed by atoms with Crippen molar-refractivity contribution in [2.45, 2.75) is 104 Å². The van der Waals surface area contributed by atoms with Crippen LogP contribution in [0.5, 0.6) is 0 Å². The second kappa shape index (κ2) is 12.9. The largest absolute Gasteiger partial charge is 0.368 e. The standard InChI is InChI=1S/C27H42N4O3/c1-5-20(3)31(21(4)6-2)26(32)19-30-23-14-10-9-13-22(23)29-25(30)16-8-7-11-17-28-27(33)24-15-12-18-34-24/h9-10,13-14,20-21,24H,5-8,11-12,15-19H2,1-4H3,(H,28,33). The molecule has 188 valence electrons. The number of ether oxygens (including phenoxy) is 1. The Balaban J connectivity index is 1.59. The van der Waals surface area contributed by atoms with Crippen molar-refractivity contribution in [3.05, 3.63) is 30.1 Å². The van der Waals surface area contributed by atoms with E-state index in [0.29, 0.717) is 19.7 Å². The van der Waals surface area contributed by atoms with E-state index in [1.165, 1.54) is 0 Å². The highest BCUT2D eigenvalue weighted by molar-refractivity contribution is 5.82. The van der Waals surface area contributed by atoms with Gasteiger partial charge in [0.1, 0.15) is 18.5 Å². The summed E-state index contributed by atoms with van der Waals surface area (Å²) in [5.41, 5.74) is 1.95. The molecule has 0 radical (unpaired) electrons. The highest BCUT2D eigenvalue weighted by Crippen LogP contribution is 2.20. The highest BCUT2D eigenvalue weighted by atomic mass is 16.5. The summed E-state index contributed by atoms with van der Waals surface area (Å²) in [5, 5.41) is 2.99. The van der Waals surface area contributed by atoms with Gasteiger partial charge in [-0.3, -0.25) is 9.59 Å². The van der Waals surface area contributed by atoms with Crippen LogP contribution in [0.4, 0.5) is 0 Å². The summed E-state index contributed by atoms with van der Waals surface area (Å²) in [6.45, 7) is 10.2. The molecule has 1 N–H and O–H groups in total. The van der Waals surface area contributed by atoms with Gasteiger partial charge in [-0.25, -0.2) is 4.98 Å². The minimum Gasteiger partial charge on any atom is -0.368 e. The molecule has 2 aromatic rings. The molecule has 3 atom stereocenters. The second-order valence-corrected chi connectivity index (χ2v) is 9.52. The minimum absolute atomic E-state index is 0.0185. The lowest BCUT2D eigenvalue weighted by molar-refractivity contribution is -0.136. The molecule has 1 aromatic heterocycles. The zero-order valence-corrected chi connectivity index (χ0v) is 21.4. The summed E-state index contributed by atoms with van der Waals surface area (Å²) >= 11 is 0. The molecule has 7 nitrogen and oxygen atoms in total. The number of hydrogen-bond acceptors (Lipinski definition) is 4. The van der Waals surface area contributed by atoms with E-state index in [-0.39, 0.29) is 30.0 Å². The van der Waals surface area contributed by atoms with Crippen molar-refractivity contribution in [3.8, 4) is 0 Å². The summed E-state index contributed by atoms with van der Waals surface area (Å²) in [7, 11) is 0. The third kappa shape index (κ3) is 6.59. The average molecular weight is 471 g/mol. The van der Waals surface area contributed by atoms with Crippen LogP contribution in [-0.2, 0) is 27.3 Å². The predicted molar refractivity (Wildman–Crippen MR) is 136 cm³/mol. The van der Waals surface area contributed by atoms with Crippen molar-refractivity contribution >= 4 is 22.8 Å². The number of unbranched alkanes of at least 4 members (excludes halogenated alkanes) is 2. The predicted octanol–water partition coefficient (Wildman–Crippen LogP) is 4.47. The average Bonchev–Trinajstić information content (AvgIpc) is 3.50. The summed E-state index contributed by atoms with van der Waals surface area (Å²) in [6, 6.07) is 8.49. The Morgan fingerprint density at radius 2 is 1.88 bits per heavy atom. The maximum absolute atomic E-state index is 13.4. The van der Waals surface area contributed by atoms with Gasteiger partial charge in [-0.15, -0.1) is 0 Å². The molecule has 1 fully saturated rings. The molecule has 0 saturated carbocycles. The molecular weight excluding hydrogens is 428 g/mol. The molecule has 3 unspecified atom stereocenters. The number of nitrogens with zero attached hydrogens (tertiary/aromatic N) is 3. The maximum Gasteiger partial charge on any atom is 0.249 e. The second-order valence-electron chi connectivity index (χ2n) is 9.52. The first kappa shape index (κ1) is 26.2. The number of imidazole rings is 1. The van der Waals surface area contributed by atoms with Gasteiger partial charge in [0.05, 0.1) is 11.0 Å². The molecule has 7 heteroatoms. The Bertz CT molecular complexity index is 925. The van der Waals surface area contributed by atoms with Crippen molar-refractivity contribution in [2.24, 2.45) is 0 Å². The van der Waals surface area contributed by atoms with E-state index in [2.05, 4.69) is 48.5 Å². The van der Waals surface area contributed by atoms with Gasteiger partial charge in [-0.1, -0.05) is 32.4 Å². The highest BCUT2D eigenvalue weighted by Gasteiger charge is 2.25. The Hall–Kier alpha value is -2.41. The lowest BCUT2D eigenvalue weighted by Crippen LogP contribution is -2.45. The molecule has 0 bridgehead atoms. The molecule has 34 heavy (non-hydrogen) atoms. The number of aromatic nitrogens is 2. The van der Waals surface area contributed by atoms with E-state index in [4.69, 9.17) is 9.72 Å². The number of nitrogens with one attached hydrogen (secondary N) is 1. The van der Waals surface area contributed by atoms with E-state index >= 15 is 0 Å². The number of benzene rings is 1. The fourth-order valence-corrected chi connectivity index (χ4v) is 4.72. The fourth-order valence-electron chi connectivity index (χ4n) is 4.72. The molecule has 2 heterocycles. The first-order chi connectivity index (χ1) is 16.5. The van der Waals surface area contributed by atoms with Crippen molar-refractivity contribution in [1.29, 1.82) is 0 Å². The number of carbonyl (C=O) groups is 2. The van der Waals surface area contributed by atoms with Crippen LogP contribution >= 0.6 is 0 Å². The summed E-state index contributed by atoms with van der Waals surface area (Å²) < 4.78 is 7.54. The lowest BCUT2D eigenvalue weighted by atomic mass is 10.1. The molecule has 1 aliphatic rings. The molecule has 3 rings (SSSR count). The van der Waals surface area contributed by atoms with Crippen molar-refractivity contribution in [2.75, 3.05) is 13.2 Å². The number of carbonyl (C=O) groups excluding carboxylic acids is 2. The Morgan fingerprint density at radius 1 is 1.15 bits per heavy atom. The van der Waals surface area contributed by atoms with Crippen LogP contribution in [0.25, 0.3) is 11.0 Å². The van der Waals surface area contributed by atoms with Gasteiger partial charge < -0.3 is 19.5 Å². The van der Waals surface area contributed by atoms with Gasteiger partial charge in [0.15, 0.2) is 0 Å². The number of para-hydroxylation sites is 2. The van der Waals surface area contributed by atoms with Crippen LogP contribution in [0.15, 0.2) is 24.3 Å². The van der Waals surface area contributed by atoms with E-state index in [1.807, 2.05) is 18.2 Å². The van der Waals surface area contributed by atoms with Crippen LogP contribution < -0.4 is 5.32 Å². The number of amides is 2. The van der Waals surface area contributed by atoms with Crippen LogP contribution in [0, 0.1) is 0 Å². The third-order valence-electron chi connectivity index (χ3n) is 7.04. The first-order valence-electron chi connectivity index (χ1n) is 13.1. The van der Waals surface area contributed by atoms with Gasteiger partial charge in [0, 0.05) is 31.7 Å². The maximum atomic E-state index is 13.4. The van der Waals surface area contributed by atoms with E-state index in [9.17, 15) is 9.59 Å². The Labute approximate surface area is 204 Å².